The summed E-state index contributed by atoms with van der Waals surface area (Å²) < 4.78 is 5.28. The second-order valence-corrected chi connectivity index (χ2v) is 3.67. The summed E-state index contributed by atoms with van der Waals surface area (Å²) in [5.74, 6) is 0. The molecule has 0 bridgehead atoms. The van der Waals surface area contributed by atoms with Gasteiger partial charge in [0.15, 0.2) is 0 Å². The minimum absolute atomic E-state index is 0. The fourth-order valence-electron chi connectivity index (χ4n) is 1.64. The molecule has 1 heterocycles. The first kappa shape index (κ1) is 14.6. The van der Waals surface area contributed by atoms with Gasteiger partial charge < -0.3 is 35.1 Å². The van der Waals surface area contributed by atoms with E-state index in [9.17, 15) is 0 Å². The second-order valence-electron chi connectivity index (χ2n) is 3.67. The molecule has 1 saturated heterocycles. The molecular formula is C13H13FeN3O-6. The molecule has 1 aliphatic heterocycles. The van der Waals surface area contributed by atoms with Gasteiger partial charge in [0.05, 0.1) is 12.7 Å². The third kappa shape index (κ3) is 3.76. The third-order valence-electron chi connectivity index (χ3n) is 2.58. The van der Waals surface area contributed by atoms with E-state index in [1.165, 1.54) is 0 Å². The van der Waals surface area contributed by atoms with Crippen molar-refractivity contribution in [2.75, 3.05) is 6.61 Å². The maximum absolute atomic E-state index is 8.25. The molecule has 0 N–H and O–H groups in total. The molecule has 0 radical (unpaired) electrons. The molecular weight excluding hydrogens is 270 g/mol. The minimum atomic E-state index is 0. The molecule has 0 aromatic heterocycles. The number of hydrogen-bond acceptors (Lipinski definition) is 2. The van der Waals surface area contributed by atoms with E-state index < -0.39 is 0 Å². The van der Waals surface area contributed by atoms with Gasteiger partial charge in [-0.3, -0.25) is 0 Å². The van der Waals surface area contributed by atoms with Gasteiger partial charge in [0.25, 0.3) is 0 Å². The average molecular weight is 283 g/mol. The molecule has 1 unspecified atom stereocenters. The predicted molar refractivity (Wildman–Crippen MR) is 66.2 cm³/mol. The van der Waals surface area contributed by atoms with Crippen LogP contribution in [0.2, 0.25) is 0 Å². The van der Waals surface area contributed by atoms with Gasteiger partial charge in [-0.2, -0.15) is 6.07 Å². The van der Waals surface area contributed by atoms with Gasteiger partial charge in [0.2, 0.25) is 0 Å². The van der Waals surface area contributed by atoms with E-state index in [-0.39, 0.29) is 23.2 Å². The summed E-state index contributed by atoms with van der Waals surface area (Å²) in [5.41, 5.74) is 9.96. The maximum atomic E-state index is 8.25. The Kier molecular flexibility index (Phi) is 6.26. The predicted octanol–water partition coefficient (Wildman–Crippen LogP) is 4.21. The molecule has 0 spiro atoms. The number of rotatable bonds is 2. The molecule has 0 saturated carbocycles. The van der Waals surface area contributed by atoms with Crippen LogP contribution in [-0.4, -0.2) is 6.61 Å². The Bertz CT molecular complexity index is 465. The van der Waals surface area contributed by atoms with E-state index in [0.29, 0.717) is 5.69 Å². The van der Waals surface area contributed by atoms with Crippen LogP contribution in [0.25, 0.3) is 10.4 Å². The number of hydrogen-bond donors (Lipinski definition) is 0. The summed E-state index contributed by atoms with van der Waals surface area (Å²) in [7, 11) is 0. The van der Waals surface area contributed by atoms with E-state index in [2.05, 4.69) is 10.0 Å². The van der Waals surface area contributed by atoms with Gasteiger partial charge in [0.1, 0.15) is 0 Å². The number of ether oxygens (including phenoxy) is 1. The van der Waals surface area contributed by atoms with Crippen molar-refractivity contribution < 1.29 is 21.8 Å². The smallest absolute Gasteiger partial charge is 0.0622 e. The Morgan fingerprint density at radius 1 is 1.33 bits per heavy atom. The van der Waals surface area contributed by atoms with Gasteiger partial charge in [-0.15, -0.1) is 10.7 Å². The zero-order valence-corrected chi connectivity index (χ0v) is 10.8. The van der Waals surface area contributed by atoms with E-state index in [1.807, 2.05) is 42.5 Å². The fourth-order valence-corrected chi connectivity index (χ4v) is 1.64. The summed E-state index contributed by atoms with van der Waals surface area (Å²) in [6.45, 7) is 0.811. The zero-order chi connectivity index (χ0) is 11.9. The Hall–Kier alpha value is -1.51. The topological polar surface area (TPSA) is 58.0 Å². The van der Waals surface area contributed by atoms with Crippen LogP contribution in [-0.2, 0) is 21.8 Å². The molecule has 2 aromatic rings. The van der Waals surface area contributed by atoms with Crippen LogP contribution in [0.4, 0.5) is 5.69 Å². The number of azide groups is 1. The van der Waals surface area contributed by atoms with Crippen molar-refractivity contribution in [2.24, 2.45) is 5.11 Å². The molecule has 5 heteroatoms. The van der Waals surface area contributed by atoms with Gasteiger partial charge in [-0.25, -0.2) is 12.1 Å². The van der Waals surface area contributed by atoms with E-state index in [4.69, 9.17) is 10.3 Å². The van der Waals surface area contributed by atoms with Crippen molar-refractivity contribution in [3.63, 3.8) is 0 Å². The van der Waals surface area contributed by atoms with Crippen molar-refractivity contribution in [1.29, 1.82) is 0 Å². The van der Waals surface area contributed by atoms with E-state index in [0.717, 1.165) is 18.6 Å². The molecule has 1 fully saturated rings. The Labute approximate surface area is 116 Å². The van der Waals surface area contributed by atoms with Crippen LogP contribution in [0.15, 0.2) is 53.6 Å². The Balaban J connectivity index is 0.000000230. The quantitative estimate of drug-likeness (QED) is 0.268. The van der Waals surface area contributed by atoms with Crippen LogP contribution in [0, 0.1) is 0 Å². The molecule has 0 amide bonds. The molecule has 0 aliphatic carbocycles. The molecule has 1 atom stereocenters. The summed E-state index contributed by atoms with van der Waals surface area (Å²) in [6.07, 6.45) is 1.18. The third-order valence-corrected chi connectivity index (χ3v) is 2.58. The molecule has 18 heavy (non-hydrogen) atoms. The Morgan fingerprint density at radius 3 is 2.39 bits per heavy atom. The van der Waals surface area contributed by atoms with Gasteiger partial charge in [-0.1, -0.05) is 5.69 Å². The van der Waals surface area contributed by atoms with E-state index in [1.54, 1.807) is 6.07 Å². The standard InChI is InChI=1S/C8H8N3O.C5H5.Fe/c9-11-10-7-3-1-2-6(7)8-4-5-12-8;1-2-4-5-3-1;/h1-3,8H,4-5H2;1-5H;/q-1;-5;. The molecule has 4 nitrogen and oxygen atoms in total. The number of nitrogens with zero attached hydrogens (tertiary/aromatic N) is 3. The summed E-state index contributed by atoms with van der Waals surface area (Å²) >= 11 is 0. The van der Waals surface area contributed by atoms with Crippen LogP contribution in [0.1, 0.15) is 18.1 Å². The Morgan fingerprint density at radius 2 is 1.94 bits per heavy atom. The van der Waals surface area contributed by atoms with Crippen LogP contribution in [0.5, 0.6) is 0 Å². The second kappa shape index (κ2) is 7.75. The summed E-state index contributed by atoms with van der Waals surface area (Å²) in [5, 5.41) is 3.57. The largest absolute Gasteiger partial charge is 0.748 e. The van der Waals surface area contributed by atoms with Gasteiger partial charge >= 0.3 is 0 Å². The first-order chi connectivity index (χ1) is 8.42. The monoisotopic (exact) mass is 283 g/mol. The molecule has 1 aliphatic rings. The molecule has 2 aromatic carbocycles. The molecule has 3 rings (SSSR count). The molecule has 100 valence electrons. The van der Waals surface area contributed by atoms with Crippen molar-refractivity contribution in [3.8, 4) is 0 Å². The first-order valence-corrected chi connectivity index (χ1v) is 5.51. The van der Waals surface area contributed by atoms with Crippen LogP contribution < -0.4 is 0 Å². The van der Waals surface area contributed by atoms with Crippen molar-refractivity contribution in [3.05, 3.63) is 64.5 Å². The SMILES string of the molecule is [Fe].[N-]=[N+]=N[c-]1cccc1C1CCO1.[cH-]1[cH-][cH-][cH-][cH-]1. The van der Waals surface area contributed by atoms with Crippen molar-refractivity contribution >= 4 is 5.69 Å². The van der Waals surface area contributed by atoms with Crippen LogP contribution in [0.3, 0.4) is 0 Å². The van der Waals surface area contributed by atoms with Crippen molar-refractivity contribution in [2.45, 2.75) is 12.5 Å². The zero-order valence-electron chi connectivity index (χ0n) is 9.71. The maximum Gasteiger partial charge on any atom is 0.0622 e. The average Bonchev–Trinajstić information content (AvgIpc) is 2.90. The summed E-state index contributed by atoms with van der Waals surface area (Å²) in [4.78, 5) is 2.75. The summed E-state index contributed by atoms with van der Waals surface area (Å²) in [6, 6.07) is 15.6. The fraction of sp³-hybridized carbons (Fsp3) is 0.231. The van der Waals surface area contributed by atoms with Gasteiger partial charge in [0, 0.05) is 17.1 Å². The van der Waals surface area contributed by atoms with E-state index >= 15 is 0 Å². The minimum Gasteiger partial charge on any atom is -0.748 e. The van der Waals surface area contributed by atoms with Gasteiger partial charge in [-0.05, 0) is 16.9 Å². The van der Waals surface area contributed by atoms with Crippen LogP contribution >= 0.6 is 0 Å². The van der Waals surface area contributed by atoms with Crippen molar-refractivity contribution in [1.82, 2.24) is 0 Å². The first-order valence-electron chi connectivity index (χ1n) is 5.51. The normalized spacial score (nSPS) is 16.3.